The lowest BCUT2D eigenvalue weighted by atomic mass is 9.70. The zero-order valence-corrected chi connectivity index (χ0v) is 36.5. The summed E-state index contributed by atoms with van der Waals surface area (Å²) in [6.07, 6.45) is 9.13. The molecule has 10 aromatic carbocycles. The van der Waals surface area contributed by atoms with E-state index < -0.39 is 5.41 Å². The van der Waals surface area contributed by atoms with Crippen LogP contribution in [-0.4, -0.2) is 0 Å². The SMILES string of the molecule is C1=CC(c2ccccc2-c2ccccc2-c2ccccc2N(c2cccc(-c3cccc4ccccc34)c2)c2cccc3c2-c2ccccc2C32c3ccccc3-c3ccccc32)=CCC1. The summed E-state index contributed by atoms with van der Waals surface area (Å²) >= 11 is 0. The molecular formula is C65H45N. The van der Waals surface area contributed by atoms with E-state index in [1.807, 2.05) is 0 Å². The van der Waals surface area contributed by atoms with Crippen molar-refractivity contribution >= 4 is 33.4 Å². The minimum Gasteiger partial charge on any atom is -0.309 e. The van der Waals surface area contributed by atoms with Gasteiger partial charge < -0.3 is 4.90 Å². The summed E-state index contributed by atoms with van der Waals surface area (Å²) in [5.41, 5.74) is 23.1. The molecule has 0 amide bonds. The van der Waals surface area contributed by atoms with E-state index >= 15 is 0 Å². The Morgan fingerprint density at radius 2 is 0.848 bits per heavy atom. The van der Waals surface area contributed by atoms with Crippen LogP contribution < -0.4 is 4.90 Å². The first-order chi connectivity index (χ1) is 32.8. The molecule has 0 N–H and O–H groups in total. The highest BCUT2D eigenvalue weighted by molar-refractivity contribution is 6.04. The van der Waals surface area contributed by atoms with Crippen molar-refractivity contribution in [2.75, 3.05) is 4.90 Å². The van der Waals surface area contributed by atoms with Crippen LogP contribution in [0.2, 0.25) is 0 Å². The van der Waals surface area contributed by atoms with Crippen LogP contribution >= 0.6 is 0 Å². The molecule has 13 rings (SSSR count). The number of benzene rings is 10. The maximum Gasteiger partial charge on any atom is 0.0726 e. The van der Waals surface area contributed by atoms with Crippen molar-refractivity contribution < 1.29 is 0 Å². The Balaban J connectivity index is 1.09. The van der Waals surface area contributed by atoms with Gasteiger partial charge in [0.15, 0.2) is 0 Å². The third-order valence-corrected chi connectivity index (χ3v) is 14.3. The van der Waals surface area contributed by atoms with Gasteiger partial charge in [0.1, 0.15) is 0 Å². The molecular weight excluding hydrogens is 795 g/mol. The van der Waals surface area contributed by atoms with Gasteiger partial charge in [-0.25, -0.2) is 0 Å². The third-order valence-electron chi connectivity index (χ3n) is 14.3. The zero-order valence-electron chi connectivity index (χ0n) is 36.5. The number of rotatable bonds is 7. The molecule has 66 heavy (non-hydrogen) atoms. The molecule has 0 aliphatic heterocycles. The predicted molar refractivity (Wildman–Crippen MR) is 278 cm³/mol. The standard InChI is InChI=1S/C65H45N/c1-2-21-44(22-3-1)49-28-6-7-29-51(49)52-30-8-9-31-53(52)56-34-13-17-41-62(56)66(47-26-18-25-46(43-47)50-36-19-24-45-23-4-5-27-48(45)50)63-42-20-40-61-64(63)57-35-12-16-39-60(57)65(61)58-37-14-10-32-54(58)55-33-11-15-38-59(55)65/h2,4-43H,1,3H2. The molecule has 310 valence electrons. The third kappa shape index (κ3) is 5.73. The van der Waals surface area contributed by atoms with E-state index in [1.54, 1.807) is 0 Å². The van der Waals surface area contributed by atoms with E-state index in [2.05, 4.69) is 254 Å². The average Bonchev–Trinajstić information content (AvgIpc) is 3.87. The maximum absolute atomic E-state index is 2.56. The van der Waals surface area contributed by atoms with Crippen LogP contribution in [0.5, 0.6) is 0 Å². The quantitative estimate of drug-likeness (QED) is 0.155. The second-order valence-corrected chi connectivity index (χ2v) is 17.7. The lowest BCUT2D eigenvalue weighted by Gasteiger charge is -2.32. The van der Waals surface area contributed by atoms with Crippen LogP contribution in [0.4, 0.5) is 17.1 Å². The molecule has 0 fully saturated rings. The molecule has 1 heteroatoms. The molecule has 0 saturated carbocycles. The summed E-state index contributed by atoms with van der Waals surface area (Å²) in [4.78, 5) is 2.56. The molecule has 0 saturated heterocycles. The normalized spacial score (nSPS) is 13.8. The van der Waals surface area contributed by atoms with Gasteiger partial charge in [-0.2, -0.15) is 0 Å². The molecule has 0 aromatic heterocycles. The summed E-state index contributed by atoms with van der Waals surface area (Å²) < 4.78 is 0. The average molecular weight is 840 g/mol. The molecule has 1 nitrogen and oxygen atoms in total. The molecule has 3 aliphatic carbocycles. The fourth-order valence-corrected chi connectivity index (χ4v) is 11.6. The Labute approximate surface area is 386 Å². The van der Waals surface area contributed by atoms with Gasteiger partial charge in [-0.1, -0.05) is 224 Å². The Hall–Kier alpha value is -8.26. The van der Waals surface area contributed by atoms with Gasteiger partial charge in [-0.15, -0.1) is 0 Å². The maximum atomic E-state index is 2.56. The van der Waals surface area contributed by atoms with E-state index in [1.165, 1.54) is 99.8 Å². The van der Waals surface area contributed by atoms with Crippen molar-refractivity contribution in [1.82, 2.24) is 0 Å². The van der Waals surface area contributed by atoms with Crippen LogP contribution in [0, 0.1) is 0 Å². The van der Waals surface area contributed by atoms with Gasteiger partial charge in [-0.3, -0.25) is 0 Å². The fourth-order valence-electron chi connectivity index (χ4n) is 11.6. The van der Waals surface area contributed by atoms with Crippen LogP contribution in [0.25, 0.3) is 72.0 Å². The first-order valence-corrected chi connectivity index (χ1v) is 23.2. The minimum atomic E-state index is -0.469. The van der Waals surface area contributed by atoms with Gasteiger partial charge in [0.05, 0.1) is 16.8 Å². The lowest BCUT2D eigenvalue weighted by Crippen LogP contribution is -2.26. The number of allylic oxidation sites excluding steroid dienone is 4. The van der Waals surface area contributed by atoms with Gasteiger partial charge in [0, 0.05) is 16.8 Å². The number of hydrogen-bond acceptors (Lipinski definition) is 1. The molecule has 0 heterocycles. The summed E-state index contributed by atoms with van der Waals surface area (Å²) in [5.74, 6) is 0. The number of nitrogens with zero attached hydrogens (tertiary/aromatic N) is 1. The van der Waals surface area contributed by atoms with Crippen LogP contribution in [0.1, 0.15) is 40.7 Å². The van der Waals surface area contributed by atoms with E-state index in [4.69, 9.17) is 0 Å². The topological polar surface area (TPSA) is 3.24 Å². The predicted octanol–water partition coefficient (Wildman–Crippen LogP) is 17.4. The largest absolute Gasteiger partial charge is 0.309 e. The highest BCUT2D eigenvalue weighted by Gasteiger charge is 2.52. The first-order valence-electron chi connectivity index (χ1n) is 23.2. The van der Waals surface area contributed by atoms with Crippen LogP contribution in [-0.2, 0) is 5.41 Å². The van der Waals surface area contributed by atoms with Gasteiger partial charge >= 0.3 is 0 Å². The summed E-state index contributed by atoms with van der Waals surface area (Å²) in [6.45, 7) is 0. The van der Waals surface area contributed by atoms with E-state index in [0.717, 1.165) is 29.9 Å². The molecule has 0 unspecified atom stereocenters. The van der Waals surface area contributed by atoms with Crippen LogP contribution in [0.15, 0.2) is 249 Å². The highest BCUT2D eigenvalue weighted by atomic mass is 15.1. The molecule has 0 radical (unpaired) electrons. The summed E-state index contributed by atoms with van der Waals surface area (Å²) in [6, 6.07) is 85.9. The second kappa shape index (κ2) is 15.5. The molecule has 3 aliphatic rings. The van der Waals surface area contributed by atoms with E-state index in [-0.39, 0.29) is 0 Å². The van der Waals surface area contributed by atoms with Crippen molar-refractivity contribution in [2.45, 2.75) is 18.3 Å². The fraction of sp³-hybridized carbons (Fsp3) is 0.0462. The highest BCUT2D eigenvalue weighted by Crippen LogP contribution is 2.65. The van der Waals surface area contributed by atoms with Crippen molar-refractivity contribution in [3.63, 3.8) is 0 Å². The van der Waals surface area contributed by atoms with E-state index in [9.17, 15) is 0 Å². The molecule has 0 atom stereocenters. The van der Waals surface area contributed by atoms with E-state index in [0.29, 0.717) is 0 Å². The summed E-state index contributed by atoms with van der Waals surface area (Å²) in [7, 11) is 0. The number of hydrogen-bond donors (Lipinski definition) is 0. The summed E-state index contributed by atoms with van der Waals surface area (Å²) in [5, 5.41) is 2.48. The van der Waals surface area contributed by atoms with Crippen molar-refractivity contribution in [3.05, 3.63) is 277 Å². The monoisotopic (exact) mass is 839 g/mol. The van der Waals surface area contributed by atoms with Gasteiger partial charge in [0.25, 0.3) is 0 Å². The number of anilines is 3. The van der Waals surface area contributed by atoms with Crippen molar-refractivity contribution in [1.29, 1.82) is 0 Å². The Kier molecular flexibility index (Phi) is 8.96. The van der Waals surface area contributed by atoms with Gasteiger partial charge in [0.2, 0.25) is 0 Å². The molecule has 10 aromatic rings. The Morgan fingerprint density at radius 3 is 1.58 bits per heavy atom. The zero-order chi connectivity index (χ0) is 43.6. The number of para-hydroxylation sites is 1. The Bertz CT molecular complexity index is 3570. The second-order valence-electron chi connectivity index (χ2n) is 17.7. The van der Waals surface area contributed by atoms with Gasteiger partial charge in [-0.05, 0) is 126 Å². The minimum absolute atomic E-state index is 0.469. The number of fused-ring (bicyclic) bond motifs is 11. The van der Waals surface area contributed by atoms with Crippen LogP contribution in [0.3, 0.4) is 0 Å². The van der Waals surface area contributed by atoms with Crippen molar-refractivity contribution in [3.8, 4) is 55.6 Å². The smallest absolute Gasteiger partial charge is 0.0726 e. The van der Waals surface area contributed by atoms with Crippen molar-refractivity contribution in [2.24, 2.45) is 0 Å². The lowest BCUT2D eigenvalue weighted by molar-refractivity contribution is 0.794. The molecule has 0 bridgehead atoms. The Morgan fingerprint density at radius 1 is 0.348 bits per heavy atom. The first kappa shape index (κ1) is 38.2. The molecule has 1 spiro atoms.